The fraction of sp³-hybridized carbons (Fsp3) is 0. The van der Waals surface area contributed by atoms with Gasteiger partial charge in [-0.3, -0.25) is 0 Å². The Morgan fingerprint density at radius 2 is 0.292 bits per heavy atom. The van der Waals surface area contributed by atoms with E-state index >= 15 is 0 Å². The summed E-state index contributed by atoms with van der Waals surface area (Å²) < 4.78 is 0. The molecule has 0 heterocycles. The zero-order chi connectivity index (χ0) is 79.7. The van der Waals surface area contributed by atoms with E-state index in [2.05, 4.69) is 485 Å². The molecule has 0 bridgehead atoms. The van der Waals surface area contributed by atoms with Crippen LogP contribution in [0.25, 0.3) is 220 Å². The molecule has 0 atom stereocenters. The van der Waals surface area contributed by atoms with Crippen LogP contribution in [-0.2, 0) is 0 Å². The highest BCUT2D eigenvalue weighted by Crippen LogP contribution is 2.55. The maximum atomic E-state index is 2.46. The average Bonchev–Trinajstić information content (AvgIpc) is 0.714. The molecule has 560 valence electrons. The first-order chi connectivity index (χ1) is 59.6. The van der Waals surface area contributed by atoms with E-state index in [1.54, 1.807) is 0 Å². The Balaban J connectivity index is 0.000000151. The first-order valence-corrected chi connectivity index (χ1v) is 41.5. The Morgan fingerprint density at radius 3 is 0.600 bits per heavy atom. The number of rotatable bonds is 14. The third kappa shape index (κ3) is 13.6. The minimum absolute atomic E-state index is 1.18. The minimum Gasteiger partial charge on any atom is -0.0622 e. The summed E-state index contributed by atoms with van der Waals surface area (Å²) >= 11 is 0. The van der Waals surface area contributed by atoms with Crippen molar-refractivity contribution in [2.45, 2.75) is 0 Å². The van der Waals surface area contributed by atoms with E-state index in [1.165, 1.54) is 220 Å². The summed E-state index contributed by atoms with van der Waals surface area (Å²) in [6.45, 7) is 0. The Hall–Kier alpha value is -15.6. The van der Waals surface area contributed by atoms with Crippen molar-refractivity contribution in [1.29, 1.82) is 0 Å². The van der Waals surface area contributed by atoms with Crippen molar-refractivity contribution in [3.63, 3.8) is 0 Å². The van der Waals surface area contributed by atoms with E-state index in [4.69, 9.17) is 0 Å². The lowest BCUT2D eigenvalue weighted by molar-refractivity contribution is 1.55. The fourth-order valence-corrected chi connectivity index (χ4v) is 18.6. The summed E-state index contributed by atoms with van der Waals surface area (Å²) in [6, 6.07) is 178. The van der Waals surface area contributed by atoms with E-state index in [0.29, 0.717) is 0 Å². The molecule has 0 fully saturated rings. The monoisotopic (exact) mass is 1520 g/mol. The van der Waals surface area contributed by atoms with Gasteiger partial charge in [0.05, 0.1) is 0 Å². The zero-order valence-corrected chi connectivity index (χ0v) is 66.2. The van der Waals surface area contributed by atoms with Gasteiger partial charge >= 0.3 is 0 Å². The smallest absolute Gasteiger partial charge is 0.00137 e. The van der Waals surface area contributed by atoms with E-state index in [9.17, 15) is 0 Å². The van der Waals surface area contributed by atoms with Gasteiger partial charge in [-0.05, 0) is 281 Å². The van der Waals surface area contributed by atoms with Gasteiger partial charge < -0.3 is 0 Å². The van der Waals surface area contributed by atoms with Crippen molar-refractivity contribution in [3.05, 3.63) is 485 Å². The third-order valence-corrected chi connectivity index (χ3v) is 24.1. The standard InChI is InChI=1S/C66H44.C54H36/c1-7-23-45(24-8-1)53-41-59(48-29-13-4-14-30-48)66(60(42-53)49-31-15-5-16-32-49)65-56-38-22-21-37-55(56)64(61-39-51-35-19-20-36-52(51)40-62(61)65)54-43-57(46-25-9-2-10-26-46)63(50-33-17-6-18-34-50)58(44-54)47-27-11-3-12-28-47;1-5-17-37(18-6-1)45-31-29-43(35-49(45)39-21-9-3-10-22-39)53-47-27-15-16-28-48(47)54(52-34-42-26-14-13-25-41(42)33-51(52)53)44-30-32-46(38-19-7-2-8-20-38)50(36-44)40-23-11-4-12-24-40/h1-44H;1-36H. The molecule has 0 heteroatoms. The molecule has 120 heavy (non-hydrogen) atoms. The lowest BCUT2D eigenvalue weighted by Crippen LogP contribution is -1.98. The largest absolute Gasteiger partial charge is 0.0622 e. The number of hydrogen-bond acceptors (Lipinski definition) is 0. The van der Waals surface area contributed by atoms with Crippen molar-refractivity contribution >= 4 is 64.6 Å². The van der Waals surface area contributed by atoms with Crippen LogP contribution >= 0.6 is 0 Å². The van der Waals surface area contributed by atoms with Crippen molar-refractivity contribution in [2.75, 3.05) is 0 Å². The molecular formula is C120H80. The molecule has 0 aliphatic carbocycles. The maximum absolute atomic E-state index is 2.46. The highest BCUT2D eigenvalue weighted by atomic mass is 14.3. The normalized spacial score (nSPS) is 11.3. The summed E-state index contributed by atoms with van der Waals surface area (Å²) in [7, 11) is 0. The second kappa shape index (κ2) is 31.9. The SMILES string of the molecule is c1ccc(-c2cc(-c3ccccc3)c(-c3c4ccccc4c(-c4cc(-c5ccccc5)c(-c5ccccc5)c(-c5ccccc5)c4)c4cc5ccccc5cc34)c(-c3ccccc3)c2)cc1.c1ccc(-c2ccc(-c3c4ccccc4c(-c4ccc(-c5ccccc5)c(-c5ccccc5)c4)c4cc5ccccc5cc34)cc2-c2ccccc2)cc1. The van der Waals surface area contributed by atoms with Crippen LogP contribution in [0.1, 0.15) is 0 Å². The van der Waals surface area contributed by atoms with Gasteiger partial charge in [-0.2, -0.15) is 0 Å². The van der Waals surface area contributed by atoms with Crippen LogP contribution in [0.3, 0.4) is 0 Å². The van der Waals surface area contributed by atoms with Crippen LogP contribution in [0.15, 0.2) is 485 Å². The predicted octanol–water partition coefficient (Wildman–Crippen LogP) is 33.6. The highest BCUT2D eigenvalue weighted by molar-refractivity contribution is 6.27. The molecule has 0 aliphatic heterocycles. The molecule has 0 aliphatic rings. The number of benzene rings is 22. The van der Waals surface area contributed by atoms with Crippen molar-refractivity contribution < 1.29 is 0 Å². The van der Waals surface area contributed by atoms with E-state index in [-0.39, 0.29) is 0 Å². The van der Waals surface area contributed by atoms with Crippen LogP contribution in [0.4, 0.5) is 0 Å². The van der Waals surface area contributed by atoms with E-state index in [1.807, 2.05) is 0 Å². The van der Waals surface area contributed by atoms with E-state index in [0.717, 1.165) is 0 Å². The lowest BCUT2D eigenvalue weighted by Gasteiger charge is -2.25. The van der Waals surface area contributed by atoms with Gasteiger partial charge in [-0.1, -0.05) is 425 Å². The molecule has 0 unspecified atom stereocenters. The van der Waals surface area contributed by atoms with Crippen molar-refractivity contribution in [1.82, 2.24) is 0 Å². The Kier molecular flexibility index (Phi) is 19.2. The van der Waals surface area contributed by atoms with Crippen LogP contribution in [0.2, 0.25) is 0 Å². The van der Waals surface area contributed by atoms with Crippen LogP contribution in [0.5, 0.6) is 0 Å². The number of fused-ring (bicyclic) bond motifs is 6. The molecule has 22 aromatic carbocycles. The van der Waals surface area contributed by atoms with Gasteiger partial charge in [0.2, 0.25) is 0 Å². The van der Waals surface area contributed by atoms with Gasteiger partial charge in [-0.25, -0.2) is 0 Å². The summed E-state index contributed by atoms with van der Waals surface area (Å²) in [6.07, 6.45) is 0. The molecule has 0 aromatic heterocycles. The molecule has 0 radical (unpaired) electrons. The summed E-state index contributed by atoms with van der Waals surface area (Å²) in [5, 5.41) is 14.8. The third-order valence-electron chi connectivity index (χ3n) is 24.1. The molecule has 0 saturated heterocycles. The molecule has 0 N–H and O–H groups in total. The van der Waals surface area contributed by atoms with Crippen molar-refractivity contribution in [2.24, 2.45) is 0 Å². The summed E-state index contributed by atoms with van der Waals surface area (Å²) in [4.78, 5) is 0. The maximum Gasteiger partial charge on any atom is -0.00137 e. The van der Waals surface area contributed by atoms with Gasteiger partial charge in [0.15, 0.2) is 0 Å². The summed E-state index contributed by atoms with van der Waals surface area (Å²) in [5.41, 5.74) is 33.9. The van der Waals surface area contributed by atoms with E-state index < -0.39 is 0 Å². The number of hydrogen-bond donors (Lipinski definition) is 0. The second-order valence-corrected chi connectivity index (χ2v) is 31.2. The Bertz CT molecular complexity index is 7210. The second-order valence-electron chi connectivity index (χ2n) is 31.2. The average molecular weight is 1520 g/mol. The van der Waals surface area contributed by atoms with Crippen LogP contribution < -0.4 is 0 Å². The predicted molar refractivity (Wildman–Crippen MR) is 514 cm³/mol. The highest BCUT2D eigenvalue weighted by Gasteiger charge is 2.28. The van der Waals surface area contributed by atoms with Gasteiger partial charge in [-0.15, -0.1) is 0 Å². The molecule has 0 saturated carbocycles. The minimum atomic E-state index is 1.18. The molecule has 0 nitrogen and oxygen atoms in total. The van der Waals surface area contributed by atoms with Crippen molar-refractivity contribution in [3.8, 4) is 156 Å². The first-order valence-electron chi connectivity index (χ1n) is 41.5. The topological polar surface area (TPSA) is 0 Å². The molecule has 22 rings (SSSR count). The molecule has 0 spiro atoms. The summed E-state index contributed by atoms with van der Waals surface area (Å²) in [5.74, 6) is 0. The van der Waals surface area contributed by atoms with Gasteiger partial charge in [0.1, 0.15) is 0 Å². The molecule has 0 amide bonds. The molecular weight excluding hydrogens is 1440 g/mol. The molecule has 22 aromatic rings. The quantitative estimate of drug-likeness (QED) is 0.0952. The fourth-order valence-electron chi connectivity index (χ4n) is 18.6. The van der Waals surface area contributed by atoms with Gasteiger partial charge in [0, 0.05) is 0 Å². The lowest BCUT2D eigenvalue weighted by atomic mass is 9.78. The van der Waals surface area contributed by atoms with Gasteiger partial charge in [0.25, 0.3) is 0 Å². The van der Waals surface area contributed by atoms with Crippen LogP contribution in [-0.4, -0.2) is 0 Å². The first kappa shape index (κ1) is 72.1. The Morgan fingerprint density at radius 1 is 0.0833 bits per heavy atom. The zero-order valence-electron chi connectivity index (χ0n) is 66.2. The Labute approximate surface area is 700 Å². The van der Waals surface area contributed by atoms with Crippen LogP contribution in [0, 0.1) is 0 Å².